The van der Waals surface area contributed by atoms with Crippen LogP contribution in [0.2, 0.25) is 0 Å². The highest BCUT2D eigenvalue weighted by Gasteiger charge is 2.17. The summed E-state index contributed by atoms with van der Waals surface area (Å²) < 4.78 is 6.22. The van der Waals surface area contributed by atoms with Crippen LogP contribution in [0.15, 0.2) is 48.5 Å². The summed E-state index contributed by atoms with van der Waals surface area (Å²) >= 11 is 0. The van der Waals surface area contributed by atoms with E-state index in [9.17, 15) is 0 Å². The predicted octanol–water partition coefficient (Wildman–Crippen LogP) is 3.97. The van der Waals surface area contributed by atoms with Gasteiger partial charge >= 0.3 is 0 Å². The highest BCUT2D eigenvalue weighted by molar-refractivity contribution is 5.38. The third-order valence-corrected chi connectivity index (χ3v) is 3.64. The minimum atomic E-state index is 0.00560. The predicted molar refractivity (Wildman–Crippen MR) is 88.7 cm³/mol. The fourth-order valence-corrected chi connectivity index (χ4v) is 2.39. The van der Waals surface area contributed by atoms with Crippen molar-refractivity contribution in [2.75, 3.05) is 27.2 Å². The van der Waals surface area contributed by atoms with Gasteiger partial charge in [-0.3, -0.25) is 0 Å². The van der Waals surface area contributed by atoms with Crippen molar-refractivity contribution in [3.05, 3.63) is 70.8 Å². The van der Waals surface area contributed by atoms with Crippen molar-refractivity contribution in [1.82, 2.24) is 4.90 Å². The summed E-state index contributed by atoms with van der Waals surface area (Å²) in [6.45, 7) is 5.93. The zero-order chi connectivity index (χ0) is 15.2. The number of ether oxygens (including phenoxy) is 1. The van der Waals surface area contributed by atoms with E-state index in [1.807, 2.05) is 6.07 Å². The molecule has 2 aromatic rings. The summed E-state index contributed by atoms with van der Waals surface area (Å²) in [5.41, 5.74) is 5.02. The van der Waals surface area contributed by atoms with Crippen molar-refractivity contribution in [1.29, 1.82) is 0 Å². The topological polar surface area (TPSA) is 12.5 Å². The average molecular weight is 283 g/mol. The summed E-state index contributed by atoms with van der Waals surface area (Å²) in [4.78, 5) is 2.14. The van der Waals surface area contributed by atoms with Crippen LogP contribution in [-0.4, -0.2) is 32.1 Å². The lowest BCUT2D eigenvalue weighted by molar-refractivity contribution is 0.0683. The van der Waals surface area contributed by atoms with E-state index in [4.69, 9.17) is 4.74 Å². The minimum absolute atomic E-state index is 0.00560. The van der Waals surface area contributed by atoms with E-state index in [0.717, 1.165) is 13.2 Å². The average Bonchev–Trinajstić information content (AvgIpc) is 2.47. The number of likely N-dealkylation sites (N-methyl/N-ethyl adjacent to an activating group) is 1. The molecule has 0 saturated heterocycles. The molecular formula is C19H25NO. The maximum absolute atomic E-state index is 6.22. The molecule has 0 bridgehead atoms. The molecule has 0 aliphatic rings. The normalized spacial score (nSPS) is 12.6. The molecule has 2 heteroatoms. The van der Waals surface area contributed by atoms with Crippen molar-refractivity contribution in [3.63, 3.8) is 0 Å². The van der Waals surface area contributed by atoms with Crippen molar-refractivity contribution in [2.45, 2.75) is 20.0 Å². The fraction of sp³-hybridized carbons (Fsp3) is 0.368. The lowest BCUT2D eigenvalue weighted by Gasteiger charge is -2.22. The van der Waals surface area contributed by atoms with Gasteiger partial charge in [0.25, 0.3) is 0 Å². The van der Waals surface area contributed by atoms with Gasteiger partial charge in [-0.25, -0.2) is 0 Å². The van der Waals surface area contributed by atoms with Crippen molar-refractivity contribution in [3.8, 4) is 0 Å². The second-order valence-corrected chi connectivity index (χ2v) is 5.82. The van der Waals surface area contributed by atoms with Crippen molar-refractivity contribution >= 4 is 0 Å². The maximum atomic E-state index is 6.22. The SMILES string of the molecule is Cc1ccc(C)c(C(OCCN(C)C)c2ccccc2)c1. The lowest BCUT2D eigenvalue weighted by atomic mass is 9.95. The van der Waals surface area contributed by atoms with E-state index < -0.39 is 0 Å². The molecule has 0 aliphatic heterocycles. The van der Waals surface area contributed by atoms with Gasteiger partial charge in [0, 0.05) is 6.54 Å². The van der Waals surface area contributed by atoms with Gasteiger partial charge in [-0.05, 0) is 44.6 Å². The third kappa shape index (κ3) is 4.42. The summed E-state index contributed by atoms with van der Waals surface area (Å²) in [5, 5.41) is 0. The zero-order valence-corrected chi connectivity index (χ0v) is 13.5. The molecule has 0 aromatic heterocycles. The van der Waals surface area contributed by atoms with E-state index in [1.165, 1.54) is 22.3 Å². The summed E-state index contributed by atoms with van der Waals surface area (Å²) in [5.74, 6) is 0. The molecule has 21 heavy (non-hydrogen) atoms. The molecule has 2 nitrogen and oxygen atoms in total. The first-order valence-corrected chi connectivity index (χ1v) is 7.46. The van der Waals surface area contributed by atoms with Gasteiger partial charge in [-0.1, -0.05) is 54.1 Å². The Bertz CT molecular complexity index is 563. The molecule has 0 heterocycles. The number of hydrogen-bond donors (Lipinski definition) is 0. The molecule has 112 valence electrons. The Labute approximate surface area is 128 Å². The first-order valence-electron chi connectivity index (χ1n) is 7.46. The van der Waals surface area contributed by atoms with E-state index >= 15 is 0 Å². The first-order chi connectivity index (χ1) is 10.1. The standard InChI is InChI=1S/C19H25NO/c1-15-10-11-16(2)18(14-15)19(21-13-12-20(3)4)17-8-6-5-7-9-17/h5-11,14,19H,12-13H2,1-4H3. The van der Waals surface area contributed by atoms with E-state index in [2.05, 4.69) is 75.3 Å². The van der Waals surface area contributed by atoms with Gasteiger partial charge < -0.3 is 9.64 Å². The van der Waals surface area contributed by atoms with Gasteiger partial charge in [0.15, 0.2) is 0 Å². The van der Waals surface area contributed by atoms with Crippen LogP contribution in [-0.2, 0) is 4.74 Å². The Morgan fingerprint density at radius 3 is 2.38 bits per heavy atom. The number of hydrogen-bond acceptors (Lipinski definition) is 2. The smallest absolute Gasteiger partial charge is 0.108 e. The molecule has 2 aromatic carbocycles. The molecule has 0 N–H and O–H groups in total. The Morgan fingerprint density at radius 1 is 1.00 bits per heavy atom. The summed E-state index contributed by atoms with van der Waals surface area (Å²) in [6, 6.07) is 17.0. The van der Waals surface area contributed by atoms with Gasteiger partial charge in [0.2, 0.25) is 0 Å². The summed E-state index contributed by atoms with van der Waals surface area (Å²) in [6.07, 6.45) is 0.00560. The number of aryl methyl sites for hydroxylation is 2. The highest BCUT2D eigenvalue weighted by Crippen LogP contribution is 2.29. The quantitative estimate of drug-likeness (QED) is 0.795. The summed E-state index contributed by atoms with van der Waals surface area (Å²) in [7, 11) is 4.14. The minimum Gasteiger partial charge on any atom is -0.367 e. The number of nitrogens with zero attached hydrogens (tertiary/aromatic N) is 1. The molecule has 0 aliphatic carbocycles. The largest absolute Gasteiger partial charge is 0.367 e. The number of benzene rings is 2. The van der Waals surface area contributed by atoms with Gasteiger partial charge in [-0.15, -0.1) is 0 Å². The second-order valence-electron chi connectivity index (χ2n) is 5.82. The van der Waals surface area contributed by atoms with Gasteiger partial charge in [0.05, 0.1) is 6.61 Å². The zero-order valence-electron chi connectivity index (χ0n) is 13.5. The molecule has 0 spiro atoms. The third-order valence-electron chi connectivity index (χ3n) is 3.64. The lowest BCUT2D eigenvalue weighted by Crippen LogP contribution is -2.20. The van der Waals surface area contributed by atoms with E-state index in [0.29, 0.717) is 0 Å². The molecule has 0 saturated carbocycles. The van der Waals surface area contributed by atoms with Crippen LogP contribution in [0, 0.1) is 13.8 Å². The van der Waals surface area contributed by atoms with E-state index in [1.54, 1.807) is 0 Å². The van der Waals surface area contributed by atoms with Crippen LogP contribution in [0.1, 0.15) is 28.4 Å². The number of rotatable bonds is 6. The van der Waals surface area contributed by atoms with Crippen LogP contribution < -0.4 is 0 Å². The van der Waals surface area contributed by atoms with Crippen molar-refractivity contribution < 1.29 is 4.74 Å². The molecular weight excluding hydrogens is 258 g/mol. The molecule has 0 amide bonds. The Hall–Kier alpha value is -1.64. The van der Waals surface area contributed by atoms with Crippen LogP contribution >= 0.6 is 0 Å². The maximum Gasteiger partial charge on any atom is 0.108 e. The van der Waals surface area contributed by atoms with Crippen molar-refractivity contribution in [2.24, 2.45) is 0 Å². The van der Waals surface area contributed by atoms with Gasteiger partial charge in [-0.2, -0.15) is 0 Å². The molecule has 2 rings (SSSR count). The highest BCUT2D eigenvalue weighted by atomic mass is 16.5. The molecule has 0 fully saturated rings. The molecule has 1 atom stereocenters. The molecule has 0 radical (unpaired) electrons. The van der Waals surface area contributed by atoms with Crippen LogP contribution in [0.25, 0.3) is 0 Å². The monoisotopic (exact) mass is 283 g/mol. The van der Waals surface area contributed by atoms with Crippen LogP contribution in [0.3, 0.4) is 0 Å². The van der Waals surface area contributed by atoms with Gasteiger partial charge in [0.1, 0.15) is 6.10 Å². The first kappa shape index (κ1) is 15.7. The Balaban J connectivity index is 2.29. The Morgan fingerprint density at radius 2 is 1.71 bits per heavy atom. The molecule has 1 unspecified atom stereocenters. The van der Waals surface area contributed by atoms with E-state index in [-0.39, 0.29) is 6.10 Å². The Kier molecular flexibility index (Phi) is 5.54. The fourth-order valence-electron chi connectivity index (χ4n) is 2.39. The van der Waals surface area contributed by atoms with Crippen LogP contribution in [0.5, 0.6) is 0 Å². The second kappa shape index (κ2) is 7.39. The van der Waals surface area contributed by atoms with Crippen LogP contribution in [0.4, 0.5) is 0 Å².